The molecular formula is C14H15NO. The fourth-order valence-electron chi connectivity index (χ4n) is 1.63. The Bertz CT molecular complexity index is 492. The summed E-state index contributed by atoms with van der Waals surface area (Å²) in [4.78, 5) is 4.32. The van der Waals surface area contributed by atoms with Gasteiger partial charge >= 0.3 is 0 Å². The predicted octanol–water partition coefficient (Wildman–Crippen LogP) is 3.58. The molecule has 0 radical (unpaired) electrons. The Balaban J connectivity index is 2.44. The zero-order chi connectivity index (χ0) is 11.5. The third-order valence-corrected chi connectivity index (χ3v) is 2.55. The van der Waals surface area contributed by atoms with Gasteiger partial charge in [0, 0.05) is 11.9 Å². The second kappa shape index (κ2) is 4.35. The van der Waals surface area contributed by atoms with Crippen molar-refractivity contribution in [1.82, 2.24) is 4.98 Å². The highest BCUT2D eigenvalue weighted by Crippen LogP contribution is 2.24. The lowest BCUT2D eigenvalue weighted by molar-refractivity contribution is 0.475. The number of aromatic nitrogens is 1. The Morgan fingerprint density at radius 1 is 1.06 bits per heavy atom. The van der Waals surface area contributed by atoms with Crippen LogP contribution in [0.3, 0.4) is 0 Å². The lowest BCUT2D eigenvalue weighted by Crippen LogP contribution is -1.92. The first kappa shape index (κ1) is 10.7. The molecule has 1 N–H and O–H groups in total. The Labute approximate surface area is 95.6 Å². The molecule has 0 aliphatic rings. The summed E-state index contributed by atoms with van der Waals surface area (Å²) in [5.41, 5.74) is 3.18. The summed E-state index contributed by atoms with van der Waals surface area (Å²) in [6.45, 7) is 4.24. The van der Waals surface area contributed by atoms with Gasteiger partial charge in [-0.2, -0.15) is 0 Å². The summed E-state index contributed by atoms with van der Waals surface area (Å²) in [6.07, 6.45) is 1.81. The van der Waals surface area contributed by atoms with Gasteiger partial charge in [-0.1, -0.05) is 26.0 Å². The van der Waals surface area contributed by atoms with Gasteiger partial charge in [-0.25, -0.2) is 0 Å². The summed E-state index contributed by atoms with van der Waals surface area (Å²) in [7, 11) is 0. The van der Waals surface area contributed by atoms with Crippen LogP contribution in [-0.4, -0.2) is 10.1 Å². The molecule has 1 heterocycles. The topological polar surface area (TPSA) is 33.1 Å². The molecule has 0 saturated carbocycles. The van der Waals surface area contributed by atoms with Gasteiger partial charge in [0.05, 0.1) is 0 Å². The van der Waals surface area contributed by atoms with Crippen LogP contribution in [0.5, 0.6) is 5.75 Å². The van der Waals surface area contributed by atoms with E-state index in [9.17, 15) is 5.11 Å². The van der Waals surface area contributed by atoms with Crippen molar-refractivity contribution in [3.8, 4) is 16.9 Å². The number of aromatic hydroxyl groups is 1. The quantitative estimate of drug-likeness (QED) is 0.827. The molecule has 0 fully saturated rings. The van der Waals surface area contributed by atoms with E-state index in [4.69, 9.17) is 0 Å². The molecular weight excluding hydrogens is 198 g/mol. The van der Waals surface area contributed by atoms with Crippen LogP contribution in [0.15, 0.2) is 42.6 Å². The van der Waals surface area contributed by atoms with E-state index >= 15 is 0 Å². The Kier molecular flexibility index (Phi) is 2.91. The van der Waals surface area contributed by atoms with Crippen molar-refractivity contribution < 1.29 is 5.11 Å². The molecule has 16 heavy (non-hydrogen) atoms. The average molecular weight is 213 g/mol. The highest BCUT2D eigenvalue weighted by molar-refractivity contribution is 5.65. The zero-order valence-electron chi connectivity index (χ0n) is 9.51. The van der Waals surface area contributed by atoms with Gasteiger partial charge in [0.25, 0.3) is 0 Å². The van der Waals surface area contributed by atoms with E-state index in [1.54, 1.807) is 12.1 Å². The van der Waals surface area contributed by atoms with Gasteiger partial charge in [0.1, 0.15) is 5.75 Å². The molecule has 0 atom stereocenters. The molecule has 2 heteroatoms. The van der Waals surface area contributed by atoms with Gasteiger partial charge < -0.3 is 5.11 Å². The predicted molar refractivity (Wildman–Crippen MR) is 65.4 cm³/mol. The summed E-state index contributed by atoms with van der Waals surface area (Å²) >= 11 is 0. The number of rotatable bonds is 2. The smallest absolute Gasteiger partial charge is 0.116 e. The van der Waals surface area contributed by atoms with Crippen LogP contribution >= 0.6 is 0 Å². The maximum absolute atomic E-state index is 9.44. The Morgan fingerprint density at radius 2 is 1.81 bits per heavy atom. The van der Waals surface area contributed by atoms with Crippen LogP contribution in [0.25, 0.3) is 11.1 Å². The van der Waals surface area contributed by atoms with E-state index < -0.39 is 0 Å². The molecule has 0 spiro atoms. The number of phenols is 1. The average Bonchev–Trinajstić information content (AvgIpc) is 2.29. The van der Waals surface area contributed by atoms with Gasteiger partial charge in [-0.05, 0) is 41.3 Å². The minimum atomic E-state index is 0.292. The summed E-state index contributed by atoms with van der Waals surface area (Å²) in [5.74, 6) is 0.706. The lowest BCUT2D eigenvalue weighted by Gasteiger charge is -2.07. The van der Waals surface area contributed by atoms with Gasteiger partial charge in [0.15, 0.2) is 0 Å². The van der Waals surface area contributed by atoms with Crippen molar-refractivity contribution in [2.24, 2.45) is 0 Å². The molecule has 0 bridgehead atoms. The van der Waals surface area contributed by atoms with Crippen LogP contribution in [0.2, 0.25) is 0 Å². The van der Waals surface area contributed by atoms with Gasteiger partial charge in [-0.15, -0.1) is 0 Å². The molecule has 0 unspecified atom stereocenters. The third kappa shape index (κ3) is 2.22. The number of benzene rings is 1. The fraction of sp³-hybridized carbons (Fsp3) is 0.214. The number of hydrogen-bond acceptors (Lipinski definition) is 2. The Hall–Kier alpha value is -1.83. The third-order valence-electron chi connectivity index (χ3n) is 2.55. The van der Waals surface area contributed by atoms with Gasteiger partial charge in [0.2, 0.25) is 0 Å². The molecule has 0 aliphatic heterocycles. The molecule has 0 amide bonds. The minimum Gasteiger partial charge on any atom is -0.508 e. The second-order valence-electron chi connectivity index (χ2n) is 4.17. The van der Waals surface area contributed by atoms with Gasteiger partial charge in [-0.3, -0.25) is 4.98 Å². The summed E-state index contributed by atoms with van der Waals surface area (Å²) < 4.78 is 0. The zero-order valence-corrected chi connectivity index (χ0v) is 9.51. The van der Waals surface area contributed by atoms with E-state index in [2.05, 4.69) is 24.9 Å². The maximum atomic E-state index is 9.44. The van der Waals surface area contributed by atoms with Crippen molar-refractivity contribution in [3.63, 3.8) is 0 Å². The van der Waals surface area contributed by atoms with E-state index in [-0.39, 0.29) is 0 Å². The number of pyridine rings is 1. The normalized spacial score (nSPS) is 10.7. The Morgan fingerprint density at radius 3 is 2.50 bits per heavy atom. The van der Waals surface area contributed by atoms with E-state index in [0.717, 1.165) is 16.8 Å². The van der Waals surface area contributed by atoms with Crippen molar-refractivity contribution in [2.45, 2.75) is 19.8 Å². The van der Waals surface area contributed by atoms with Crippen molar-refractivity contribution in [3.05, 3.63) is 48.3 Å². The molecule has 1 aromatic carbocycles. The van der Waals surface area contributed by atoms with E-state index in [1.807, 2.05) is 24.4 Å². The first-order valence-corrected chi connectivity index (χ1v) is 5.42. The molecule has 2 rings (SSSR count). The SMILES string of the molecule is CC(C)c1cc(-c2cccc(O)c2)ccn1. The van der Waals surface area contributed by atoms with Crippen LogP contribution in [0.1, 0.15) is 25.5 Å². The van der Waals surface area contributed by atoms with Crippen molar-refractivity contribution >= 4 is 0 Å². The molecule has 2 nitrogen and oxygen atoms in total. The monoisotopic (exact) mass is 213 g/mol. The molecule has 0 aliphatic carbocycles. The van der Waals surface area contributed by atoms with Crippen LogP contribution in [0, 0.1) is 0 Å². The minimum absolute atomic E-state index is 0.292. The highest BCUT2D eigenvalue weighted by atomic mass is 16.3. The summed E-state index contributed by atoms with van der Waals surface area (Å²) in [6, 6.07) is 11.3. The number of hydrogen-bond donors (Lipinski definition) is 1. The maximum Gasteiger partial charge on any atom is 0.116 e. The molecule has 2 aromatic rings. The standard InChI is InChI=1S/C14H15NO/c1-10(2)14-9-12(6-7-15-14)11-4-3-5-13(16)8-11/h3-10,16H,1-2H3. The van der Waals surface area contributed by atoms with Crippen molar-refractivity contribution in [2.75, 3.05) is 0 Å². The fourth-order valence-corrected chi connectivity index (χ4v) is 1.63. The first-order valence-electron chi connectivity index (χ1n) is 5.42. The summed E-state index contributed by atoms with van der Waals surface area (Å²) in [5, 5.41) is 9.44. The first-order chi connectivity index (χ1) is 7.66. The van der Waals surface area contributed by atoms with Crippen LogP contribution in [-0.2, 0) is 0 Å². The molecule has 0 saturated heterocycles. The molecule has 1 aromatic heterocycles. The van der Waals surface area contributed by atoms with Crippen LogP contribution < -0.4 is 0 Å². The largest absolute Gasteiger partial charge is 0.508 e. The van der Waals surface area contributed by atoms with E-state index in [0.29, 0.717) is 11.7 Å². The van der Waals surface area contributed by atoms with Crippen molar-refractivity contribution in [1.29, 1.82) is 0 Å². The second-order valence-corrected chi connectivity index (χ2v) is 4.17. The highest BCUT2D eigenvalue weighted by Gasteiger charge is 2.03. The number of nitrogens with zero attached hydrogens (tertiary/aromatic N) is 1. The number of phenolic OH excluding ortho intramolecular Hbond substituents is 1. The van der Waals surface area contributed by atoms with Crippen LogP contribution in [0.4, 0.5) is 0 Å². The lowest BCUT2D eigenvalue weighted by atomic mass is 10.0. The van der Waals surface area contributed by atoms with E-state index in [1.165, 1.54) is 0 Å². The molecule has 82 valence electrons.